The molecule has 1 N–H and O–H groups in total. The highest BCUT2D eigenvalue weighted by molar-refractivity contribution is 7.12. The Labute approximate surface area is 181 Å². The van der Waals surface area contributed by atoms with Crippen LogP contribution in [0.2, 0.25) is 0 Å². The molecule has 2 fully saturated rings. The first kappa shape index (κ1) is 19.6. The third-order valence-electron chi connectivity index (χ3n) is 6.70. The monoisotopic (exact) mass is 424 g/mol. The van der Waals surface area contributed by atoms with E-state index in [0.717, 1.165) is 53.9 Å². The number of benzene rings is 1. The minimum Gasteiger partial charge on any atom is -0.487 e. The van der Waals surface area contributed by atoms with Crippen molar-refractivity contribution in [3.05, 3.63) is 51.7 Å². The highest BCUT2D eigenvalue weighted by atomic mass is 32.1. The van der Waals surface area contributed by atoms with Crippen LogP contribution in [-0.4, -0.2) is 41.4 Å². The number of ether oxygens (including phenoxy) is 1. The highest BCUT2D eigenvalue weighted by Crippen LogP contribution is 2.46. The zero-order valence-corrected chi connectivity index (χ0v) is 18.2. The maximum atomic E-state index is 12.9. The largest absolute Gasteiger partial charge is 0.487 e. The lowest BCUT2D eigenvalue weighted by atomic mass is 9.76. The molecule has 2 aromatic rings. The van der Waals surface area contributed by atoms with Crippen LogP contribution in [0.5, 0.6) is 5.75 Å². The van der Waals surface area contributed by atoms with E-state index in [1.54, 1.807) is 0 Å². The molecule has 3 aliphatic rings. The number of fused-ring (bicyclic) bond motifs is 1. The molecule has 1 saturated carbocycles. The molecule has 2 amide bonds. The lowest BCUT2D eigenvalue weighted by molar-refractivity contribution is -0.122. The second-order valence-electron chi connectivity index (χ2n) is 8.99. The van der Waals surface area contributed by atoms with Gasteiger partial charge < -0.3 is 15.0 Å². The Bertz CT molecular complexity index is 957. The highest BCUT2D eigenvalue weighted by Gasteiger charge is 2.44. The fraction of sp³-hybridized carbons (Fsp3) is 0.500. The van der Waals surface area contributed by atoms with Crippen LogP contribution in [0.15, 0.2) is 35.7 Å². The van der Waals surface area contributed by atoms with Gasteiger partial charge in [-0.2, -0.15) is 0 Å². The van der Waals surface area contributed by atoms with Crippen LogP contribution < -0.4 is 10.1 Å². The number of amides is 2. The molecule has 5 rings (SSSR count). The Morgan fingerprint density at radius 3 is 2.67 bits per heavy atom. The van der Waals surface area contributed by atoms with Gasteiger partial charge in [-0.1, -0.05) is 18.2 Å². The first-order valence-electron chi connectivity index (χ1n) is 10.9. The van der Waals surface area contributed by atoms with Gasteiger partial charge in [-0.3, -0.25) is 9.59 Å². The van der Waals surface area contributed by atoms with Crippen LogP contribution in [0, 0.1) is 6.92 Å². The second-order valence-corrected chi connectivity index (χ2v) is 9.91. The van der Waals surface area contributed by atoms with Crippen LogP contribution in [0.4, 0.5) is 0 Å². The van der Waals surface area contributed by atoms with E-state index in [9.17, 15) is 9.59 Å². The number of likely N-dealkylation sites (tertiary alicyclic amines) is 1. The zero-order chi connectivity index (χ0) is 20.7. The normalized spacial score (nSPS) is 22.3. The molecule has 2 aliphatic heterocycles. The van der Waals surface area contributed by atoms with Crippen LogP contribution in [0.3, 0.4) is 0 Å². The molecule has 30 heavy (non-hydrogen) atoms. The summed E-state index contributed by atoms with van der Waals surface area (Å²) in [7, 11) is 0. The fourth-order valence-electron chi connectivity index (χ4n) is 4.82. The van der Waals surface area contributed by atoms with Crippen molar-refractivity contribution >= 4 is 23.2 Å². The third-order valence-corrected chi connectivity index (χ3v) is 7.70. The van der Waals surface area contributed by atoms with Gasteiger partial charge in [-0.25, -0.2) is 0 Å². The van der Waals surface area contributed by atoms with Crippen molar-refractivity contribution in [3.8, 4) is 5.75 Å². The van der Waals surface area contributed by atoms with E-state index in [4.69, 9.17) is 4.74 Å². The summed E-state index contributed by atoms with van der Waals surface area (Å²) in [5, 5.41) is 5.11. The summed E-state index contributed by atoms with van der Waals surface area (Å²) in [5.74, 6) is 1.35. The van der Waals surface area contributed by atoms with E-state index in [0.29, 0.717) is 25.6 Å². The average Bonchev–Trinajstić information content (AvgIpc) is 3.44. The summed E-state index contributed by atoms with van der Waals surface area (Å²) >= 11 is 1.52. The Balaban J connectivity index is 1.30. The summed E-state index contributed by atoms with van der Waals surface area (Å²) in [6.07, 6.45) is 5.16. The Hall–Kier alpha value is -2.34. The summed E-state index contributed by atoms with van der Waals surface area (Å²) in [6, 6.07) is 10.5. The number of nitrogens with one attached hydrogen (secondary N) is 1. The first-order valence-corrected chi connectivity index (χ1v) is 11.8. The molecule has 1 saturated heterocycles. The Morgan fingerprint density at radius 2 is 1.97 bits per heavy atom. The van der Waals surface area contributed by atoms with Gasteiger partial charge in [-0.05, 0) is 54.8 Å². The van der Waals surface area contributed by atoms with E-state index in [2.05, 4.69) is 11.4 Å². The number of carbonyl (C=O) groups is 2. The summed E-state index contributed by atoms with van der Waals surface area (Å²) < 4.78 is 6.54. The number of rotatable bonds is 4. The first-order chi connectivity index (χ1) is 14.5. The number of aryl methyl sites for hydroxylation is 1. The van der Waals surface area contributed by atoms with Crippen molar-refractivity contribution in [2.45, 2.75) is 63.0 Å². The van der Waals surface area contributed by atoms with Crippen molar-refractivity contribution in [1.29, 1.82) is 0 Å². The van der Waals surface area contributed by atoms with Crippen LogP contribution in [0.25, 0.3) is 0 Å². The molecule has 1 aromatic heterocycles. The molecule has 1 aliphatic carbocycles. The van der Waals surface area contributed by atoms with Gasteiger partial charge >= 0.3 is 0 Å². The third kappa shape index (κ3) is 3.85. The number of hydrogen-bond donors (Lipinski definition) is 1. The molecular formula is C24H28N2O3S. The zero-order valence-electron chi connectivity index (χ0n) is 17.4. The van der Waals surface area contributed by atoms with Gasteiger partial charge in [0.2, 0.25) is 5.91 Å². The molecule has 0 radical (unpaired) electrons. The van der Waals surface area contributed by atoms with Crippen molar-refractivity contribution in [1.82, 2.24) is 10.2 Å². The molecular weight excluding hydrogens is 396 g/mol. The molecule has 158 valence electrons. The van der Waals surface area contributed by atoms with Gasteiger partial charge in [0.1, 0.15) is 11.4 Å². The summed E-state index contributed by atoms with van der Waals surface area (Å²) in [6.45, 7) is 3.38. The molecule has 3 heterocycles. The number of nitrogens with zero attached hydrogens (tertiary/aromatic N) is 1. The van der Waals surface area contributed by atoms with Crippen LogP contribution >= 0.6 is 11.3 Å². The second kappa shape index (κ2) is 7.73. The minimum atomic E-state index is -0.292. The summed E-state index contributed by atoms with van der Waals surface area (Å²) in [4.78, 5) is 28.3. The van der Waals surface area contributed by atoms with E-state index in [-0.39, 0.29) is 23.3 Å². The van der Waals surface area contributed by atoms with E-state index in [1.807, 2.05) is 41.5 Å². The quantitative estimate of drug-likeness (QED) is 0.798. The lowest BCUT2D eigenvalue weighted by Crippen LogP contribution is -2.52. The van der Waals surface area contributed by atoms with Crippen LogP contribution in [-0.2, 0) is 4.79 Å². The molecule has 0 bridgehead atoms. The van der Waals surface area contributed by atoms with Gasteiger partial charge in [0.15, 0.2) is 0 Å². The van der Waals surface area contributed by atoms with Gasteiger partial charge in [0.05, 0.1) is 4.88 Å². The number of thiophene rings is 1. The van der Waals surface area contributed by atoms with E-state index < -0.39 is 0 Å². The van der Waals surface area contributed by atoms with E-state index >= 15 is 0 Å². The summed E-state index contributed by atoms with van der Waals surface area (Å²) in [5.41, 5.74) is 1.90. The van der Waals surface area contributed by atoms with Gasteiger partial charge in [-0.15, -0.1) is 11.3 Å². The predicted molar refractivity (Wildman–Crippen MR) is 117 cm³/mol. The van der Waals surface area contributed by atoms with Crippen molar-refractivity contribution in [2.24, 2.45) is 0 Å². The smallest absolute Gasteiger partial charge is 0.264 e. The Kier molecular flexibility index (Phi) is 5.05. The fourth-order valence-corrected chi connectivity index (χ4v) is 5.72. The maximum Gasteiger partial charge on any atom is 0.264 e. The molecule has 1 atom stereocenters. The topological polar surface area (TPSA) is 58.6 Å². The van der Waals surface area contributed by atoms with Crippen molar-refractivity contribution in [3.63, 3.8) is 0 Å². The maximum absolute atomic E-state index is 12.9. The lowest BCUT2D eigenvalue weighted by Gasteiger charge is -2.47. The molecule has 1 aromatic carbocycles. The minimum absolute atomic E-state index is 0.133. The van der Waals surface area contributed by atoms with Gasteiger partial charge in [0.25, 0.3) is 5.91 Å². The van der Waals surface area contributed by atoms with Gasteiger partial charge in [0, 0.05) is 44.3 Å². The van der Waals surface area contributed by atoms with Crippen molar-refractivity contribution in [2.75, 3.05) is 13.1 Å². The predicted octanol–water partition coefficient (Wildman–Crippen LogP) is 4.27. The molecule has 5 nitrogen and oxygen atoms in total. The number of hydrogen-bond acceptors (Lipinski definition) is 4. The standard InChI is InChI=1S/C24H28N2O3S/c1-16-8-13-30-22(16)23(28)26-11-9-24(10-12-26)15-17(14-21(27)25-18-6-7-18)19-4-2-3-5-20(19)29-24/h2-5,8,13,17-18H,6-7,9-12,14-15H2,1H3,(H,25,27)/t17-/m1/s1. The average molecular weight is 425 g/mol. The Morgan fingerprint density at radius 1 is 1.20 bits per heavy atom. The number of piperidine rings is 1. The molecule has 6 heteroatoms. The van der Waals surface area contributed by atoms with Crippen molar-refractivity contribution < 1.29 is 14.3 Å². The molecule has 1 spiro atoms. The van der Waals surface area contributed by atoms with Crippen LogP contribution in [0.1, 0.15) is 65.2 Å². The number of carbonyl (C=O) groups excluding carboxylic acids is 2. The number of para-hydroxylation sites is 1. The van der Waals surface area contributed by atoms with E-state index in [1.165, 1.54) is 11.3 Å². The molecule has 0 unspecified atom stereocenters. The SMILES string of the molecule is Cc1ccsc1C(=O)N1CCC2(CC1)C[C@@H](CC(=O)NC1CC1)c1ccccc1O2.